The topological polar surface area (TPSA) is 116 Å². The van der Waals surface area contributed by atoms with Gasteiger partial charge >= 0.3 is 17.6 Å². The minimum atomic E-state index is -1.02. The number of methoxy groups -OCH3 is 1. The number of aryl methyl sites for hydroxylation is 2. The van der Waals surface area contributed by atoms with Gasteiger partial charge in [-0.25, -0.2) is 14.5 Å². The molecule has 8 heteroatoms. The van der Waals surface area contributed by atoms with Crippen LogP contribution >= 0.6 is 0 Å². The van der Waals surface area contributed by atoms with Crippen LogP contribution in [0.15, 0.2) is 21.3 Å². The van der Waals surface area contributed by atoms with E-state index in [1.807, 2.05) is 40.7 Å². The number of hydrogen-bond donors (Lipinski definition) is 1. The fraction of sp³-hybridized carbons (Fsp3) is 0.565. The van der Waals surface area contributed by atoms with E-state index in [9.17, 15) is 14.4 Å². The van der Waals surface area contributed by atoms with Gasteiger partial charge in [0.05, 0.1) is 24.1 Å². The number of rotatable bonds is 8. The smallest absolute Gasteiger partial charge is 0.348 e. The number of hydrogen-bond acceptors (Lipinski definition) is 7. The van der Waals surface area contributed by atoms with Crippen molar-refractivity contribution in [3.63, 3.8) is 0 Å². The summed E-state index contributed by atoms with van der Waals surface area (Å²) >= 11 is 0. The van der Waals surface area contributed by atoms with E-state index < -0.39 is 29.6 Å². The zero-order valence-electron chi connectivity index (χ0n) is 19.4. The fourth-order valence-corrected chi connectivity index (χ4v) is 3.72. The Morgan fingerprint density at radius 3 is 2.29 bits per heavy atom. The highest BCUT2D eigenvalue weighted by Crippen LogP contribution is 2.25. The zero-order valence-corrected chi connectivity index (χ0v) is 19.4. The van der Waals surface area contributed by atoms with Crippen LogP contribution in [0.1, 0.15) is 51.7 Å². The Hall–Kier alpha value is -2.74. The Bertz CT molecular complexity index is 1010. The van der Waals surface area contributed by atoms with E-state index in [1.54, 1.807) is 13.0 Å². The van der Waals surface area contributed by atoms with Crippen LogP contribution in [0.5, 0.6) is 0 Å². The Kier molecular flexibility index (Phi) is 7.95. The largest absolute Gasteiger partial charge is 0.467 e. The summed E-state index contributed by atoms with van der Waals surface area (Å²) in [5.74, 6) is -0.949. The summed E-state index contributed by atoms with van der Waals surface area (Å²) in [6, 6.07) is 1.45. The molecule has 8 nitrogen and oxygen atoms in total. The quantitative estimate of drug-likeness (QED) is 0.638. The summed E-state index contributed by atoms with van der Waals surface area (Å²) in [5, 5.41) is 0.340. The first kappa shape index (κ1) is 24.5. The van der Waals surface area contributed by atoms with Crippen LogP contribution < -0.4 is 16.3 Å². The number of carbonyl (C=O) groups excluding carboxylic acids is 2. The first-order chi connectivity index (χ1) is 14.5. The van der Waals surface area contributed by atoms with E-state index in [1.165, 1.54) is 7.11 Å². The molecule has 2 N–H and O–H groups in total. The van der Waals surface area contributed by atoms with Crippen LogP contribution in [0.2, 0.25) is 0 Å². The summed E-state index contributed by atoms with van der Waals surface area (Å²) in [4.78, 5) is 44.4. The second-order valence-corrected chi connectivity index (χ2v) is 8.87. The van der Waals surface area contributed by atoms with Crippen molar-refractivity contribution in [1.29, 1.82) is 0 Å². The first-order valence-electron chi connectivity index (χ1n) is 10.5. The predicted octanol–water partition coefficient (Wildman–Crippen LogP) is 3.10. The molecule has 0 fully saturated rings. The van der Waals surface area contributed by atoms with Crippen molar-refractivity contribution in [2.75, 3.05) is 12.0 Å². The number of anilines is 1. The Balaban J connectivity index is 2.72. The van der Waals surface area contributed by atoms with Crippen LogP contribution in [0.4, 0.5) is 6.01 Å². The maximum absolute atomic E-state index is 13.4. The van der Waals surface area contributed by atoms with E-state index in [4.69, 9.17) is 14.9 Å². The standard InChI is InChI=1S/C23H33N3O5/c1-12(2)8-16(24)20(27)26(18(9-13(3)4)21(28)30-7)23-25-17-11-14(5)10-15(6)19(17)22(29)31-23/h10-13,16,18H,8-9,24H2,1-7H3/t16-,18-/m0/s1. The van der Waals surface area contributed by atoms with E-state index in [-0.39, 0.29) is 17.9 Å². The van der Waals surface area contributed by atoms with Gasteiger partial charge in [-0.05, 0) is 55.7 Å². The van der Waals surface area contributed by atoms with Crippen molar-refractivity contribution in [1.82, 2.24) is 4.98 Å². The summed E-state index contributed by atoms with van der Waals surface area (Å²) in [6.07, 6.45) is 0.698. The molecule has 2 atom stereocenters. The van der Waals surface area contributed by atoms with Crippen molar-refractivity contribution in [3.05, 3.63) is 33.7 Å². The third-order valence-corrected chi connectivity index (χ3v) is 5.03. The highest BCUT2D eigenvalue weighted by Gasteiger charge is 2.38. The number of benzene rings is 1. The number of ether oxygens (including phenoxy) is 1. The second kappa shape index (κ2) is 10.0. The lowest BCUT2D eigenvalue weighted by atomic mass is 9.99. The third kappa shape index (κ3) is 5.70. The second-order valence-electron chi connectivity index (χ2n) is 8.87. The molecular formula is C23H33N3O5. The van der Waals surface area contributed by atoms with Crippen molar-refractivity contribution < 1.29 is 18.7 Å². The van der Waals surface area contributed by atoms with Crippen molar-refractivity contribution >= 4 is 28.8 Å². The number of amides is 1. The number of aromatic nitrogens is 1. The molecule has 0 saturated carbocycles. The van der Waals surface area contributed by atoms with Crippen LogP contribution in [0, 0.1) is 25.7 Å². The molecule has 31 heavy (non-hydrogen) atoms. The summed E-state index contributed by atoms with van der Waals surface area (Å²) in [5.41, 5.74) is 7.58. The van der Waals surface area contributed by atoms with Gasteiger partial charge in [0.15, 0.2) is 0 Å². The summed E-state index contributed by atoms with van der Waals surface area (Å²) in [6.45, 7) is 11.4. The van der Waals surface area contributed by atoms with E-state index in [2.05, 4.69) is 4.98 Å². The molecule has 0 bridgehead atoms. The predicted molar refractivity (Wildman–Crippen MR) is 120 cm³/mol. The average Bonchev–Trinajstić information content (AvgIpc) is 2.64. The van der Waals surface area contributed by atoms with Gasteiger partial charge < -0.3 is 14.9 Å². The maximum atomic E-state index is 13.4. The van der Waals surface area contributed by atoms with Gasteiger partial charge in [0.2, 0.25) is 5.91 Å². The summed E-state index contributed by atoms with van der Waals surface area (Å²) < 4.78 is 10.4. The Labute approximate surface area is 182 Å². The number of esters is 1. The van der Waals surface area contributed by atoms with Crippen molar-refractivity contribution in [2.24, 2.45) is 17.6 Å². The van der Waals surface area contributed by atoms with Gasteiger partial charge in [-0.15, -0.1) is 0 Å². The molecule has 0 radical (unpaired) electrons. The molecule has 2 aromatic rings. The lowest BCUT2D eigenvalue weighted by Crippen LogP contribution is -2.53. The molecule has 0 aliphatic rings. The van der Waals surface area contributed by atoms with Crippen LogP contribution in [0.25, 0.3) is 10.9 Å². The monoisotopic (exact) mass is 431 g/mol. The molecule has 1 heterocycles. The molecule has 0 saturated heterocycles. The number of fused-ring (bicyclic) bond motifs is 1. The first-order valence-corrected chi connectivity index (χ1v) is 10.5. The molecule has 1 amide bonds. The Morgan fingerprint density at radius 2 is 1.74 bits per heavy atom. The van der Waals surface area contributed by atoms with E-state index in [0.717, 1.165) is 16.0 Å². The van der Waals surface area contributed by atoms with Gasteiger partial charge in [-0.1, -0.05) is 33.8 Å². The van der Waals surface area contributed by atoms with Gasteiger partial charge in [-0.2, -0.15) is 4.98 Å². The molecule has 2 rings (SSSR count). The fourth-order valence-electron chi connectivity index (χ4n) is 3.72. The summed E-state index contributed by atoms with van der Waals surface area (Å²) in [7, 11) is 1.25. The number of nitrogens with zero attached hydrogens (tertiary/aromatic N) is 2. The lowest BCUT2D eigenvalue weighted by Gasteiger charge is -2.31. The normalized spacial score (nSPS) is 13.5. The average molecular weight is 432 g/mol. The van der Waals surface area contributed by atoms with Crippen molar-refractivity contribution in [2.45, 2.75) is 66.5 Å². The molecule has 1 aromatic carbocycles. The molecule has 170 valence electrons. The van der Waals surface area contributed by atoms with Gasteiger partial charge in [0, 0.05) is 0 Å². The molecule has 0 spiro atoms. The van der Waals surface area contributed by atoms with Crippen molar-refractivity contribution in [3.8, 4) is 0 Å². The van der Waals surface area contributed by atoms with Gasteiger partial charge in [0.1, 0.15) is 6.04 Å². The van der Waals surface area contributed by atoms with Crippen LogP contribution in [-0.2, 0) is 14.3 Å². The third-order valence-electron chi connectivity index (χ3n) is 5.03. The van der Waals surface area contributed by atoms with Gasteiger partial charge in [-0.3, -0.25) is 4.79 Å². The van der Waals surface area contributed by atoms with Crippen LogP contribution in [-0.4, -0.2) is 36.1 Å². The van der Waals surface area contributed by atoms with Gasteiger partial charge in [0.25, 0.3) is 0 Å². The molecule has 0 aliphatic carbocycles. The molecule has 0 aliphatic heterocycles. The Morgan fingerprint density at radius 1 is 1.13 bits per heavy atom. The molecule has 0 unspecified atom stereocenters. The highest BCUT2D eigenvalue weighted by atomic mass is 16.5. The van der Waals surface area contributed by atoms with Crippen LogP contribution in [0.3, 0.4) is 0 Å². The highest BCUT2D eigenvalue weighted by molar-refractivity contribution is 6.01. The SMILES string of the molecule is COC(=O)[C@H](CC(C)C)N(C(=O)[C@@H](N)CC(C)C)c1nc2cc(C)cc(C)c2c(=O)o1. The molecular weight excluding hydrogens is 398 g/mol. The lowest BCUT2D eigenvalue weighted by molar-refractivity contribution is -0.144. The minimum Gasteiger partial charge on any atom is -0.467 e. The zero-order chi connectivity index (χ0) is 23.5. The minimum absolute atomic E-state index is 0.0531. The maximum Gasteiger partial charge on any atom is 0.348 e. The number of nitrogens with two attached hydrogens (primary N) is 1. The van der Waals surface area contributed by atoms with E-state index in [0.29, 0.717) is 23.7 Å². The van der Waals surface area contributed by atoms with E-state index >= 15 is 0 Å². The number of carbonyl (C=O) groups is 2. The molecule has 1 aromatic heterocycles.